The summed E-state index contributed by atoms with van der Waals surface area (Å²) in [5.74, 6) is 6.97. The highest BCUT2D eigenvalue weighted by Crippen LogP contribution is 2.59. The summed E-state index contributed by atoms with van der Waals surface area (Å²) in [6.45, 7) is 2.37. The van der Waals surface area contributed by atoms with Crippen molar-refractivity contribution in [3.8, 4) is 0 Å². The molecule has 0 amide bonds. The Bertz CT molecular complexity index is 344. The van der Waals surface area contributed by atoms with E-state index < -0.39 is 0 Å². The molecule has 20 heavy (non-hydrogen) atoms. The molecule has 0 aromatic heterocycles. The Kier molecular flexibility index (Phi) is 3.61. The molecule has 1 nitrogen and oxygen atoms in total. The third-order valence-electron chi connectivity index (χ3n) is 7.82. The van der Waals surface area contributed by atoms with E-state index >= 15 is 0 Å². The Morgan fingerprint density at radius 1 is 0.800 bits per heavy atom. The second-order valence-corrected chi connectivity index (χ2v) is 8.47. The van der Waals surface area contributed by atoms with Gasteiger partial charge in [0.2, 0.25) is 0 Å². The highest BCUT2D eigenvalue weighted by molar-refractivity contribution is 5.01. The molecule has 0 bridgehead atoms. The van der Waals surface area contributed by atoms with E-state index in [1.807, 2.05) is 0 Å². The third-order valence-corrected chi connectivity index (χ3v) is 7.82. The summed E-state index contributed by atoms with van der Waals surface area (Å²) in [4.78, 5) is 0. The van der Waals surface area contributed by atoms with Crippen LogP contribution in [0.2, 0.25) is 0 Å². The number of aliphatic hydroxyl groups is 1. The molecule has 114 valence electrons. The molecule has 0 saturated heterocycles. The predicted octanol–water partition coefficient (Wildman–Crippen LogP) is 4.64. The SMILES string of the molecule is CCC1CC(O)CC2CCC3C4CCCC4CCC3C12. The average molecular weight is 276 g/mol. The van der Waals surface area contributed by atoms with Gasteiger partial charge < -0.3 is 5.11 Å². The van der Waals surface area contributed by atoms with E-state index in [2.05, 4.69) is 6.92 Å². The lowest BCUT2D eigenvalue weighted by molar-refractivity contribution is -0.0772. The van der Waals surface area contributed by atoms with Gasteiger partial charge in [-0.25, -0.2) is 0 Å². The maximum absolute atomic E-state index is 10.2. The molecule has 0 aliphatic heterocycles. The lowest BCUT2D eigenvalue weighted by Gasteiger charge is -2.55. The van der Waals surface area contributed by atoms with E-state index in [4.69, 9.17) is 0 Å². The summed E-state index contributed by atoms with van der Waals surface area (Å²) in [5.41, 5.74) is 0. The lowest BCUT2D eigenvalue weighted by atomic mass is 9.51. The summed E-state index contributed by atoms with van der Waals surface area (Å²) in [6.07, 6.45) is 14.1. The molecule has 4 rings (SSSR count). The fraction of sp³-hybridized carbons (Fsp3) is 1.00. The Hall–Kier alpha value is -0.0400. The van der Waals surface area contributed by atoms with Crippen molar-refractivity contribution in [3.05, 3.63) is 0 Å². The molecule has 0 heterocycles. The number of hydrogen-bond acceptors (Lipinski definition) is 1. The van der Waals surface area contributed by atoms with Crippen molar-refractivity contribution in [2.24, 2.45) is 41.4 Å². The van der Waals surface area contributed by atoms with Gasteiger partial charge in [-0.15, -0.1) is 0 Å². The zero-order valence-electron chi connectivity index (χ0n) is 13.1. The van der Waals surface area contributed by atoms with Crippen molar-refractivity contribution in [1.29, 1.82) is 0 Å². The number of fused-ring (bicyclic) bond motifs is 5. The van der Waals surface area contributed by atoms with Crippen LogP contribution in [0.25, 0.3) is 0 Å². The van der Waals surface area contributed by atoms with E-state index in [0.29, 0.717) is 0 Å². The summed E-state index contributed by atoms with van der Waals surface area (Å²) < 4.78 is 0. The van der Waals surface area contributed by atoms with Gasteiger partial charge in [0.25, 0.3) is 0 Å². The van der Waals surface area contributed by atoms with Crippen molar-refractivity contribution in [2.75, 3.05) is 0 Å². The van der Waals surface area contributed by atoms with Crippen LogP contribution in [0.1, 0.15) is 71.1 Å². The first-order chi connectivity index (χ1) is 9.78. The Balaban J connectivity index is 1.58. The van der Waals surface area contributed by atoms with Gasteiger partial charge in [-0.1, -0.05) is 26.2 Å². The maximum atomic E-state index is 10.2. The number of hydrogen-bond donors (Lipinski definition) is 1. The van der Waals surface area contributed by atoms with E-state index in [-0.39, 0.29) is 6.10 Å². The van der Waals surface area contributed by atoms with Gasteiger partial charge in [0, 0.05) is 0 Å². The molecular weight excluding hydrogens is 244 g/mol. The van der Waals surface area contributed by atoms with E-state index in [1.165, 1.54) is 44.9 Å². The van der Waals surface area contributed by atoms with E-state index in [9.17, 15) is 5.11 Å². The molecule has 4 fully saturated rings. The van der Waals surface area contributed by atoms with Gasteiger partial charge in [0.15, 0.2) is 0 Å². The van der Waals surface area contributed by atoms with Crippen LogP contribution in [0.4, 0.5) is 0 Å². The van der Waals surface area contributed by atoms with Crippen molar-refractivity contribution < 1.29 is 5.11 Å². The summed E-state index contributed by atoms with van der Waals surface area (Å²) >= 11 is 0. The second kappa shape index (κ2) is 5.30. The monoisotopic (exact) mass is 276 g/mol. The van der Waals surface area contributed by atoms with Gasteiger partial charge in [-0.2, -0.15) is 0 Å². The number of aliphatic hydroxyl groups excluding tert-OH is 1. The molecule has 0 spiro atoms. The molecule has 4 aliphatic carbocycles. The molecular formula is C19H32O. The quantitative estimate of drug-likeness (QED) is 0.740. The molecule has 0 aromatic rings. The fourth-order valence-electron chi connectivity index (χ4n) is 7.18. The first-order valence-electron chi connectivity index (χ1n) is 9.46. The highest BCUT2D eigenvalue weighted by Gasteiger charge is 2.51. The molecule has 0 aromatic carbocycles. The van der Waals surface area contributed by atoms with Crippen LogP contribution in [-0.4, -0.2) is 11.2 Å². The van der Waals surface area contributed by atoms with Gasteiger partial charge >= 0.3 is 0 Å². The smallest absolute Gasteiger partial charge is 0.0545 e. The van der Waals surface area contributed by atoms with Crippen molar-refractivity contribution >= 4 is 0 Å². The maximum Gasteiger partial charge on any atom is 0.0545 e. The molecule has 0 radical (unpaired) electrons. The predicted molar refractivity (Wildman–Crippen MR) is 82.3 cm³/mol. The molecule has 1 heteroatoms. The van der Waals surface area contributed by atoms with Gasteiger partial charge in [-0.05, 0) is 86.4 Å². The average Bonchev–Trinajstić information content (AvgIpc) is 2.94. The van der Waals surface area contributed by atoms with Gasteiger partial charge in [0.1, 0.15) is 0 Å². The summed E-state index contributed by atoms with van der Waals surface area (Å²) in [6, 6.07) is 0. The molecule has 1 N–H and O–H groups in total. The van der Waals surface area contributed by atoms with Gasteiger partial charge in [-0.3, -0.25) is 0 Å². The van der Waals surface area contributed by atoms with Crippen LogP contribution in [0, 0.1) is 41.4 Å². The zero-order valence-corrected chi connectivity index (χ0v) is 13.1. The van der Waals surface area contributed by atoms with Crippen molar-refractivity contribution in [2.45, 2.75) is 77.2 Å². The Morgan fingerprint density at radius 3 is 2.45 bits per heavy atom. The first kappa shape index (κ1) is 13.6. The highest BCUT2D eigenvalue weighted by atomic mass is 16.3. The van der Waals surface area contributed by atoms with E-state index in [1.54, 1.807) is 6.42 Å². The Morgan fingerprint density at radius 2 is 1.60 bits per heavy atom. The minimum absolute atomic E-state index is 0.0144. The minimum atomic E-state index is 0.0144. The topological polar surface area (TPSA) is 20.2 Å². The van der Waals surface area contributed by atoms with Crippen LogP contribution in [0.15, 0.2) is 0 Å². The third kappa shape index (κ3) is 2.07. The number of rotatable bonds is 1. The summed E-state index contributed by atoms with van der Waals surface area (Å²) in [7, 11) is 0. The van der Waals surface area contributed by atoms with E-state index in [0.717, 1.165) is 54.3 Å². The fourth-order valence-corrected chi connectivity index (χ4v) is 7.18. The normalized spacial score (nSPS) is 54.9. The van der Waals surface area contributed by atoms with Crippen LogP contribution < -0.4 is 0 Å². The lowest BCUT2D eigenvalue weighted by Crippen LogP contribution is -2.48. The molecule has 8 atom stereocenters. The second-order valence-electron chi connectivity index (χ2n) is 8.47. The standard InChI is InChI=1S/C19H32O/c1-2-12-10-15(20)11-14-7-8-17-16-5-3-4-13(16)6-9-18(17)19(12)14/h12-20H,2-11H2,1H3. The van der Waals surface area contributed by atoms with Crippen molar-refractivity contribution in [1.82, 2.24) is 0 Å². The first-order valence-corrected chi connectivity index (χ1v) is 9.46. The Labute approximate surface area is 124 Å². The van der Waals surface area contributed by atoms with Crippen LogP contribution >= 0.6 is 0 Å². The van der Waals surface area contributed by atoms with Crippen molar-refractivity contribution in [3.63, 3.8) is 0 Å². The molecule has 4 saturated carbocycles. The molecule has 4 aliphatic rings. The van der Waals surface area contributed by atoms with Crippen LogP contribution in [-0.2, 0) is 0 Å². The van der Waals surface area contributed by atoms with Gasteiger partial charge in [0.05, 0.1) is 6.10 Å². The summed E-state index contributed by atoms with van der Waals surface area (Å²) in [5, 5.41) is 10.2. The van der Waals surface area contributed by atoms with Crippen LogP contribution in [0.5, 0.6) is 0 Å². The zero-order chi connectivity index (χ0) is 13.7. The molecule has 8 unspecified atom stereocenters. The van der Waals surface area contributed by atoms with Crippen LogP contribution in [0.3, 0.4) is 0 Å². The largest absolute Gasteiger partial charge is 0.393 e. The minimum Gasteiger partial charge on any atom is -0.393 e.